The SMILES string of the molecule is CC(=O)Oc1ccc(Br)c(C=Nn2cc(C)nc2N)c1. The zero-order valence-corrected chi connectivity index (χ0v) is 12.6. The van der Waals surface area contributed by atoms with Crippen LogP contribution in [0.5, 0.6) is 5.75 Å². The van der Waals surface area contributed by atoms with Gasteiger partial charge in [-0.05, 0) is 25.1 Å². The van der Waals surface area contributed by atoms with Crippen molar-refractivity contribution in [3.63, 3.8) is 0 Å². The Morgan fingerprint density at radius 1 is 1.55 bits per heavy atom. The van der Waals surface area contributed by atoms with E-state index in [4.69, 9.17) is 10.5 Å². The third-order valence-corrected chi connectivity index (χ3v) is 3.11. The van der Waals surface area contributed by atoms with Crippen molar-refractivity contribution < 1.29 is 9.53 Å². The second kappa shape index (κ2) is 5.87. The molecule has 20 heavy (non-hydrogen) atoms. The van der Waals surface area contributed by atoms with Gasteiger partial charge in [0.25, 0.3) is 0 Å². The maximum atomic E-state index is 10.9. The predicted octanol–water partition coefficient (Wildman–Crippen LogP) is 2.34. The number of carbonyl (C=O) groups excluding carboxylic acids is 1. The number of nitrogen functional groups attached to an aromatic ring is 1. The highest BCUT2D eigenvalue weighted by Gasteiger charge is 2.04. The van der Waals surface area contributed by atoms with Gasteiger partial charge in [0.2, 0.25) is 5.95 Å². The number of hydrogen-bond donors (Lipinski definition) is 1. The number of rotatable bonds is 3. The fourth-order valence-electron chi connectivity index (χ4n) is 1.57. The van der Waals surface area contributed by atoms with E-state index in [9.17, 15) is 4.79 Å². The summed E-state index contributed by atoms with van der Waals surface area (Å²) in [5, 5.41) is 4.21. The topological polar surface area (TPSA) is 82.5 Å². The largest absolute Gasteiger partial charge is 0.427 e. The molecule has 2 rings (SSSR count). The van der Waals surface area contributed by atoms with Gasteiger partial charge >= 0.3 is 5.97 Å². The molecular formula is C13H13BrN4O2. The van der Waals surface area contributed by atoms with E-state index in [-0.39, 0.29) is 5.97 Å². The molecule has 0 spiro atoms. The number of benzene rings is 1. The zero-order valence-electron chi connectivity index (χ0n) is 11.0. The molecule has 7 heteroatoms. The number of esters is 1. The maximum absolute atomic E-state index is 10.9. The van der Waals surface area contributed by atoms with Gasteiger partial charge in [-0.25, -0.2) is 9.66 Å². The highest BCUT2D eigenvalue weighted by atomic mass is 79.9. The third kappa shape index (κ3) is 3.45. The summed E-state index contributed by atoms with van der Waals surface area (Å²) in [6.45, 7) is 3.18. The molecule has 0 aliphatic heterocycles. The van der Waals surface area contributed by atoms with Gasteiger partial charge in [-0.2, -0.15) is 5.10 Å². The van der Waals surface area contributed by atoms with Gasteiger partial charge in [0.05, 0.1) is 18.1 Å². The number of nitrogens with two attached hydrogens (primary N) is 1. The third-order valence-electron chi connectivity index (χ3n) is 2.39. The fraction of sp³-hybridized carbons (Fsp3) is 0.154. The number of aryl methyl sites for hydroxylation is 1. The van der Waals surface area contributed by atoms with Crippen molar-refractivity contribution in [3.8, 4) is 5.75 Å². The molecule has 2 aromatic rings. The van der Waals surface area contributed by atoms with E-state index >= 15 is 0 Å². The molecule has 0 amide bonds. The van der Waals surface area contributed by atoms with Crippen molar-refractivity contribution in [3.05, 3.63) is 40.1 Å². The van der Waals surface area contributed by atoms with Gasteiger partial charge in [0.1, 0.15) is 5.75 Å². The monoisotopic (exact) mass is 336 g/mol. The lowest BCUT2D eigenvalue weighted by Crippen LogP contribution is -2.02. The molecule has 104 valence electrons. The van der Waals surface area contributed by atoms with Crippen molar-refractivity contribution in [1.82, 2.24) is 9.66 Å². The van der Waals surface area contributed by atoms with Crippen molar-refractivity contribution in [2.75, 3.05) is 5.73 Å². The van der Waals surface area contributed by atoms with Gasteiger partial charge in [-0.15, -0.1) is 0 Å². The minimum Gasteiger partial charge on any atom is -0.427 e. The maximum Gasteiger partial charge on any atom is 0.308 e. The van der Waals surface area contributed by atoms with Gasteiger partial charge in [-0.1, -0.05) is 15.9 Å². The quantitative estimate of drug-likeness (QED) is 0.529. The first kappa shape index (κ1) is 14.3. The molecule has 0 aliphatic carbocycles. The number of nitrogens with zero attached hydrogens (tertiary/aromatic N) is 3. The summed E-state index contributed by atoms with van der Waals surface area (Å²) < 4.78 is 7.32. The van der Waals surface area contributed by atoms with Gasteiger partial charge in [0, 0.05) is 17.0 Å². The summed E-state index contributed by atoms with van der Waals surface area (Å²) in [7, 11) is 0. The number of anilines is 1. The molecule has 0 aliphatic rings. The molecule has 2 N–H and O–H groups in total. The molecule has 1 aromatic heterocycles. The number of hydrogen-bond acceptors (Lipinski definition) is 5. The number of ether oxygens (including phenoxy) is 1. The van der Waals surface area contributed by atoms with Gasteiger partial charge < -0.3 is 10.5 Å². The highest BCUT2D eigenvalue weighted by Crippen LogP contribution is 2.21. The minimum absolute atomic E-state index is 0.311. The second-order valence-electron chi connectivity index (χ2n) is 4.11. The molecule has 0 bridgehead atoms. The van der Waals surface area contributed by atoms with E-state index in [1.807, 2.05) is 6.92 Å². The van der Waals surface area contributed by atoms with Gasteiger partial charge in [0.15, 0.2) is 0 Å². The first-order valence-electron chi connectivity index (χ1n) is 5.79. The zero-order chi connectivity index (χ0) is 14.7. The number of halogens is 1. The number of imidazole rings is 1. The standard InChI is InChI=1S/C13H13BrN4O2/c1-8-7-18(13(15)17-8)16-6-10-5-11(20-9(2)19)3-4-12(10)14/h3-7H,1-2H3,(H2,15,17). The Kier molecular flexibility index (Phi) is 4.19. The Hall–Kier alpha value is -2.15. The van der Waals surface area contributed by atoms with Gasteiger partial charge in [-0.3, -0.25) is 4.79 Å². The Labute approximate surface area is 124 Å². The van der Waals surface area contributed by atoms with Crippen molar-refractivity contribution in [2.45, 2.75) is 13.8 Å². The molecule has 0 atom stereocenters. The van der Waals surface area contributed by atoms with Crippen LogP contribution >= 0.6 is 15.9 Å². The van der Waals surface area contributed by atoms with Crippen molar-refractivity contribution in [1.29, 1.82) is 0 Å². The molecule has 0 radical (unpaired) electrons. The molecule has 0 saturated heterocycles. The van der Waals surface area contributed by atoms with E-state index in [2.05, 4.69) is 26.0 Å². The van der Waals surface area contributed by atoms with E-state index < -0.39 is 0 Å². The first-order valence-corrected chi connectivity index (χ1v) is 6.59. The molecule has 1 aromatic carbocycles. The van der Waals surface area contributed by atoms with Crippen LogP contribution in [-0.4, -0.2) is 21.8 Å². The van der Waals surface area contributed by atoms with Crippen LogP contribution in [0.4, 0.5) is 5.95 Å². The number of aromatic nitrogens is 2. The Morgan fingerprint density at radius 3 is 2.90 bits per heavy atom. The first-order chi connectivity index (χ1) is 9.45. The van der Waals surface area contributed by atoms with E-state index in [1.54, 1.807) is 30.6 Å². The minimum atomic E-state index is -0.371. The summed E-state index contributed by atoms with van der Waals surface area (Å²) >= 11 is 3.41. The normalized spacial score (nSPS) is 10.9. The Bertz CT molecular complexity index is 679. The molecule has 0 fully saturated rings. The average Bonchev–Trinajstić information content (AvgIpc) is 2.68. The van der Waals surface area contributed by atoms with Crippen molar-refractivity contribution >= 4 is 34.1 Å². The smallest absolute Gasteiger partial charge is 0.308 e. The van der Waals surface area contributed by atoms with Crippen LogP contribution in [-0.2, 0) is 4.79 Å². The van der Waals surface area contributed by atoms with E-state index in [0.717, 1.165) is 15.7 Å². The lowest BCUT2D eigenvalue weighted by molar-refractivity contribution is -0.131. The molecule has 6 nitrogen and oxygen atoms in total. The van der Waals surface area contributed by atoms with Crippen molar-refractivity contribution in [2.24, 2.45) is 5.10 Å². The summed E-state index contributed by atoms with van der Waals surface area (Å²) in [6.07, 6.45) is 3.32. The molecule has 1 heterocycles. The summed E-state index contributed by atoms with van der Waals surface area (Å²) in [5.74, 6) is 0.396. The molecular weight excluding hydrogens is 324 g/mol. The van der Waals surface area contributed by atoms with Crippen LogP contribution in [0.25, 0.3) is 0 Å². The van der Waals surface area contributed by atoms with Crippen LogP contribution in [0.1, 0.15) is 18.2 Å². The second-order valence-corrected chi connectivity index (χ2v) is 4.96. The lowest BCUT2D eigenvalue weighted by atomic mass is 10.2. The lowest BCUT2D eigenvalue weighted by Gasteiger charge is -2.04. The predicted molar refractivity (Wildman–Crippen MR) is 79.8 cm³/mol. The summed E-state index contributed by atoms with van der Waals surface area (Å²) in [4.78, 5) is 15.0. The molecule has 0 saturated carbocycles. The molecule has 0 unspecified atom stereocenters. The van der Waals surface area contributed by atoms with Crippen LogP contribution in [0.2, 0.25) is 0 Å². The number of carbonyl (C=O) groups is 1. The van der Waals surface area contributed by atoms with Crippen LogP contribution in [0.3, 0.4) is 0 Å². The fourth-order valence-corrected chi connectivity index (χ4v) is 1.92. The van der Waals surface area contributed by atoms with E-state index in [1.165, 1.54) is 11.6 Å². The summed E-state index contributed by atoms with van der Waals surface area (Å²) in [5.41, 5.74) is 7.24. The average molecular weight is 337 g/mol. The Balaban J connectivity index is 2.28. The van der Waals surface area contributed by atoms with Crippen LogP contribution < -0.4 is 10.5 Å². The van der Waals surface area contributed by atoms with Crippen LogP contribution in [0.15, 0.2) is 34.0 Å². The highest BCUT2D eigenvalue weighted by molar-refractivity contribution is 9.10. The van der Waals surface area contributed by atoms with Crippen LogP contribution in [0, 0.1) is 6.92 Å². The summed E-state index contributed by atoms with van der Waals surface area (Å²) in [6, 6.07) is 5.18. The Morgan fingerprint density at radius 2 is 2.30 bits per heavy atom. The van der Waals surface area contributed by atoms with E-state index in [0.29, 0.717) is 11.7 Å².